The Labute approximate surface area is 117 Å². The molecule has 0 radical (unpaired) electrons. The van der Waals surface area contributed by atoms with E-state index in [2.05, 4.69) is 19.9 Å². The number of hydrogen-bond donors (Lipinski definition) is 2. The van der Waals surface area contributed by atoms with Crippen LogP contribution >= 0.6 is 0 Å². The molecule has 0 bridgehead atoms. The summed E-state index contributed by atoms with van der Waals surface area (Å²) in [6.07, 6.45) is 0. The summed E-state index contributed by atoms with van der Waals surface area (Å²) in [5, 5.41) is 19.0. The molecule has 0 saturated heterocycles. The van der Waals surface area contributed by atoms with E-state index in [4.69, 9.17) is 0 Å². The molecule has 0 aliphatic carbocycles. The third-order valence-electron chi connectivity index (χ3n) is 3.39. The van der Waals surface area contributed by atoms with Crippen molar-refractivity contribution in [2.75, 3.05) is 0 Å². The van der Waals surface area contributed by atoms with E-state index in [1.54, 1.807) is 18.2 Å². The molecule has 0 aliphatic rings. The molecule has 0 fully saturated rings. The fourth-order valence-electron chi connectivity index (χ4n) is 2.02. The SMILES string of the molecule is CC(C)(c1ccc(O)cc1)c1ccc(O)[c]([Zn])c1. The standard InChI is InChI=1S/C15H15O2.Zn/c1-15(2,11-3-7-13(16)8-4-11)12-5-9-14(17)10-6-12;/h3-9,16-17H,1-2H3;. The van der Waals surface area contributed by atoms with Crippen molar-refractivity contribution in [1.29, 1.82) is 0 Å². The van der Waals surface area contributed by atoms with Crippen molar-refractivity contribution < 1.29 is 28.5 Å². The number of hydrogen-bond acceptors (Lipinski definition) is 2. The van der Waals surface area contributed by atoms with E-state index in [1.165, 1.54) is 5.56 Å². The molecule has 0 saturated carbocycles. The third-order valence-corrected chi connectivity index (χ3v) is 4.58. The van der Waals surface area contributed by atoms with Crippen molar-refractivity contribution in [2.24, 2.45) is 0 Å². The molecule has 0 amide bonds. The molecule has 89 valence electrons. The molecule has 18 heavy (non-hydrogen) atoms. The molecule has 0 spiro atoms. The minimum atomic E-state index is -0.141. The van der Waals surface area contributed by atoms with E-state index >= 15 is 0 Å². The van der Waals surface area contributed by atoms with Crippen molar-refractivity contribution in [3.63, 3.8) is 0 Å². The molecule has 0 unspecified atom stereocenters. The van der Waals surface area contributed by atoms with E-state index in [-0.39, 0.29) is 11.2 Å². The van der Waals surface area contributed by atoms with E-state index in [9.17, 15) is 10.2 Å². The van der Waals surface area contributed by atoms with Gasteiger partial charge in [0.2, 0.25) is 0 Å². The molecule has 2 rings (SSSR count). The van der Waals surface area contributed by atoms with Gasteiger partial charge in [0.1, 0.15) is 0 Å². The second kappa shape index (κ2) is 4.74. The molecule has 0 heterocycles. The molecular formula is C15H15O2Zn. The molecule has 2 N–H and O–H groups in total. The van der Waals surface area contributed by atoms with Crippen molar-refractivity contribution >= 4 is 4.16 Å². The Bertz CT molecular complexity index is 559. The first-order valence-electron chi connectivity index (χ1n) is 5.86. The van der Waals surface area contributed by atoms with Crippen molar-refractivity contribution in [3.8, 4) is 11.5 Å². The van der Waals surface area contributed by atoms with Crippen LogP contribution in [0.4, 0.5) is 0 Å². The second-order valence-electron chi connectivity index (χ2n) is 5.02. The van der Waals surface area contributed by atoms with E-state index in [0.29, 0.717) is 5.75 Å². The fraction of sp³-hybridized carbons (Fsp3) is 0.200. The molecule has 2 aromatic rings. The van der Waals surface area contributed by atoms with E-state index in [0.717, 1.165) is 28.0 Å². The molecule has 2 nitrogen and oxygen atoms in total. The summed E-state index contributed by atoms with van der Waals surface area (Å²) in [4.78, 5) is 0. The normalized spacial score (nSPS) is 11.6. The number of rotatable bonds is 2. The van der Waals surface area contributed by atoms with E-state index in [1.807, 2.05) is 18.2 Å². The number of aromatic hydroxyl groups is 2. The summed E-state index contributed by atoms with van der Waals surface area (Å²) in [7, 11) is 0. The van der Waals surface area contributed by atoms with Crippen LogP contribution in [0, 0.1) is 0 Å². The quantitative estimate of drug-likeness (QED) is 0.835. The Morgan fingerprint density at radius 3 is 2.00 bits per heavy atom. The first-order valence-corrected chi connectivity index (χ1v) is 7.34. The first kappa shape index (κ1) is 13.1. The molecule has 0 aliphatic heterocycles. The molecule has 0 aromatic heterocycles. The van der Waals surface area contributed by atoms with Gasteiger partial charge in [0.05, 0.1) is 0 Å². The average Bonchev–Trinajstić information content (AvgIpc) is 2.33. The van der Waals surface area contributed by atoms with Gasteiger partial charge in [0.15, 0.2) is 0 Å². The summed E-state index contributed by atoms with van der Waals surface area (Å²) >= 11 is 0.936. The van der Waals surface area contributed by atoms with Crippen LogP contribution in [0.2, 0.25) is 0 Å². The predicted octanol–water partition coefficient (Wildman–Crippen LogP) is 2.60. The summed E-state index contributed by atoms with van der Waals surface area (Å²) in [5.74, 6) is 0.656. The molecule has 2 aromatic carbocycles. The second-order valence-corrected chi connectivity index (χ2v) is 6.61. The Morgan fingerprint density at radius 1 is 0.889 bits per heavy atom. The van der Waals surface area contributed by atoms with Crippen LogP contribution in [0.15, 0.2) is 42.5 Å². The van der Waals surface area contributed by atoms with Gasteiger partial charge in [0, 0.05) is 0 Å². The van der Waals surface area contributed by atoms with Crippen LogP contribution < -0.4 is 4.16 Å². The number of phenolic OH excluding ortho intramolecular Hbond substituents is 2. The topological polar surface area (TPSA) is 40.5 Å². The van der Waals surface area contributed by atoms with Crippen LogP contribution in [0.5, 0.6) is 11.5 Å². The maximum absolute atomic E-state index is 9.61. The summed E-state index contributed by atoms with van der Waals surface area (Å²) < 4.78 is 0.999. The summed E-state index contributed by atoms with van der Waals surface area (Å²) in [6, 6.07) is 13.1. The zero-order chi connectivity index (χ0) is 13.3. The Kier molecular flexibility index (Phi) is 3.45. The van der Waals surface area contributed by atoms with Crippen molar-refractivity contribution in [1.82, 2.24) is 0 Å². The fourth-order valence-corrected chi connectivity index (χ4v) is 2.73. The van der Waals surface area contributed by atoms with Gasteiger partial charge in [-0.25, -0.2) is 0 Å². The van der Waals surface area contributed by atoms with Crippen LogP contribution in [0.25, 0.3) is 0 Å². The molecular weight excluding hydrogens is 278 g/mol. The van der Waals surface area contributed by atoms with Crippen molar-refractivity contribution in [2.45, 2.75) is 19.3 Å². The van der Waals surface area contributed by atoms with Crippen LogP contribution in [0.1, 0.15) is 25.0 Å². The van der Waals surface area contributed by atoms with Gasteiger partial charge >= 0.3 is 117 Å². The van der Waals surface area contributed by atoms with Gasteiger partial charge in [-0.05, 0) is 0 Å². The minimum absolute atomic E-state index is 0.141. The van der Waals surface area contributed by atoms with Gasteiger partial charge < -0.3 is 0 Å². The number of phenols is 2. The Hall–Kier alpha value is -1.34. The monoisotopic (exact) mass is 291 g/mol. The number of benzene rings is 2. The van der Waals surface area contributed by atoms with Gasteiger partial charge in [-0.2, -0.15) is 0 Å². The zero-order valence-corrected chi connectivity index (χ0v) is 13.6. The zero-order valence-electron chi connectivity index (χ0n) is 10.6. The molecule has 0 atom stereocenters. The summed E-state index contributed by atoms with van der Waals surface area (Å²) in [5.41, 5.74) is 2.18. The Balaban J connectivity index is 2.46. The van der Waals surface area contributed by atoms with Crippen LogP contribution in [0.3, 0.4) is 0 Å². The third kappa shape index (κ3) is 2.42. The predicted molar refractivity (Wildman–Crippen MR) is 68.0 cm³/mol. The molecule has 3 heteroatoms. The average molecular weight is 293 g/mol. The van der Waals surface area contributed by atoms with Gasteiger partial charge in [0.25, 0.3) is 0 Å². The van der Waals surface area contributed by atoms with Gasteiger partial charge in [-0.15, -0.1) is 0 Å². The van der Waals surface area contributed by atoms with Crippen LogP contribution in [-0.4, -0.2) is 10.2 Å². The van der Waals surface area contributed by atoms with Crippen LogP contribution in [-0.2, 0) is 23.7 Å². The van der Waals surface area contributed by atoms with Gasteiger partial charge in [-0.1, -0.05) is 0 Å². The van der Waals surface area contributed by atoms with Gasteiger partial charge in [-0.3, -0.25) is 0 Å². The Morgan fingerprint density at radius 2 is 1.44 bits per heavy atom. The first-order chi connectivity index (χ1) is 8.41. The summed E-state index contributed by atoms with van der Waals surface area (Å²) in [6.45, 7) is 4.29. The maximum atomic E-state index is 9.61. The van der Waals surface area contributed by atoms with Crippen molar-refractivity contribution in [3.05, 3.63) is 53.6 Å². The van der Waals surface area contributed by atoms with E-state index < -0.39 is 0 Å².